The van der Waals surface area contributed by atoms with E-state index in [4.69, 9.17) is 16.1 Å². The van der Waals surface area contributed by atoms with Gasteiger partial charge in [0.1, 0.15) is 5.69 Å². The molecule has 30 heavy (non-hydrogen) atoms. The van der Waals surface area contributed by atoms with Crippen molar-refractivity contribution in [2.24, 2.45) is 0 Å². The Balaban J connectivity index is 1.48. The Bertz CT molecular complexity index is 1320. The predicted molar refractivity (Wildman–Crippen MR) is 115 cm³/mol. The second-order valence-electron chi connectivity index (χ2n) is 6.49. The number of fused-ring (bicyclic) bond motifs is 1. The molecule has 4 rings (SSSR count). The van der Waals surface area contributed by atoms with Crippen molar-refractivity contribution in [1.29, 1.82) is 0 Å². The van der Waals surface area contributed by atoms with Crippen LogP contribution in [-0.2, 0) is 21.2 Å². The van der Waals surface area contributed by atoms with Crippen LogP contribution in [0.1, 0.15) is 5.69 Å². The Kier molecular flexibility index (Phi) is 5.43. The van der Waals surface area contributed by atoms with E-state index in [1.807, 2.05) is 18.2 Å². The molecule has 9 heteroatoms. The van der Waals surface area contributed by atoms with Crippen LogP contribution in [0.25, 0.3) is 11.0 Å². The third-order valence-corrected chi connectivity index (χ3v) is 5.94. The molecule has 152 valence electrons. The van der Waals surface area contributed by atoms with Gasteiger partial charge in [0.25, 0.3) is 10.0 Å². The highest BCUT2D eigenvalue weighted by Gasteiger charge is 2.16. The number of benzene rings is 3. The highest BCUT2D eigenvalue weighted by molar-refractivity contribution is 7.92. The van der Waals surface area contributed by atoms with Crippen molar-refractivity contribution in [2.75, 3.05) is 10.0 Å². The van der Waals surface area contributed by atoms with Crippen molar-refractivity contribution in [2.45, 2.75) is 11.3 Å². The molecule has 0 atom stereocenters. The van der Waals surface area contributed by atoms with Gasteiger partial charge < -0.3 is 9.84 Å². The molecule has 0 aliphatic carbocycles. The number of para-hydroxylation sites is 1. The summed E-state index contributed by atoms with van der Waals surface area (Å²) in [5.41, 5.74) is 1.84. The summed E-state index contributed by atoms with van der Waals surface area (Å²) < 4.78 is 33.0. The largest absolute Gasteiger partial charge is 0.356 e. The van der Waals surface area contributed by atoms with E-state index in [1.165, 1.54) is 12.1 Å². The van der Waals surface area contributed by atoms with Crippen LogP contribution in [0.5, 0.6) is 0 Å². The van der Waals surface area contributed by atoms with E-state index >= 15 is 0 Å². The van der Waals surface area contributed by atoms with Gasteiger partial charge in [-0.2, -0.15) is 0 Å². The molecule has 7 nitrogen and oxygen atoms in total. The summed E-state index contributed by atoms with van der Waals surface area (Å²) in [6.07, 6.45) is -0.00296. The van der Waals surface area contributed by atoms with E-state index in [0.717, 1.165) is 5.39 Å². The average Bonchev–Trinajstić information content (AvgIpc) is 3.13. The Labute approximate surface area is 177 Å². The molecule has 0 fully saturated rings. The first-order chi connectivity index (χ1) is 14.4. The predicted octanol–water partition coefficient (Wildman–Crippen LogP) is 4.46. The van der Waals surface area contributed by atoms with E-state index in [2.05, 4.69) is 15.2 Å². The Morgan fingerprint density at radius 2 is 1.73 bits per heavy atom. The second-order valence-corrected chi connectivity index (χ2v) is 8.61. The number of sulfonamides is 1. The summed E-state index contributed by atoms with van der Waals surface area (Å²) >= 11 is 5.82. The molecule has 0 bridgehead atoms. The van der Waals surface area contributed by atoms with Crippen LogP contribution in [0.3, 0.4) is 0 Å². The van der Waals surface area contributed by atoms with Crippen molar-refractivity contribution in [3.05, 3.63) is 83.5 Å². The van der Waals surface area contributed by atoms with E-state index in [-0.39, 0.29) is 17.2 Å². The van der Waals surface area contributed by atoms with Crippen LogP contribution in [0.15, 0.2) is 82.2 Å². The summed E-state index contributed by atoms with van der Waals surface area (Å²) in [4.78, 5) is 12.5. The van der Waals surface area contributed by atoms with Gasteiger partial charge in [-0.05, 0) is 54.6 Å². The fourth-order valence-electron chi connectivity index (χ4n) is 2.90. The van der Waals surface area contributed by atoms with Gasteiger partial charge in [0.15, 0.2) is 5.58 Å². The maximum absolute atomic E-state index is 12.6. The number of carbonyl (C=O) groups is 1. The number of carbonyl (C=O) groups excluding carboxylic acids is 1. The number of nitrogens with zero attached hydrogens (tertiary/aromatic N) is 1. The van der Waals surface area contributed by atoms with Crippen LogP contribution >= 0.6 is 11.6 Å². The van der Waals surface area contributed by atoms with Crippen LogP contribution < -0.4 is 10.0 Å². The van der Waals surface area contributed by atoms with E-state index in [0.29, 0.717) is 27.7 Å². The van der Waals surface area contributed by atoms with Crippen LogP contribution in [0.2, 0.25) is 5.02 Å². The zero-order valence-corrected chi connectivity index (χ0v) is 17.1. The van der Waals surface area contributed by atoms with Crippen LogP contribution in [-0.4, -0.2) is 19.5 Å². The molecular formula is C21H16ClN3O4S. The first kappa shape index (κ1) is 19.9. The van der Waals surface area contributed by atoms with Gasteiger partial charge in [-0.25, -0.2) is 8.42 Å². The van der Waals surface area contributed by atoms with Gasteiger partial charge in [0.05, 0.1) is 11.3 Å². The second kappa shape index (κ2) is 8.17. The molecule has 0 saturated heterocycles. The number of aromatic nitrogens is 1. The fraction of sp³-hybridized carbons (Fsp3) is 0.0476. The van der Waals surface area contributed by atoms with E-state index in [1.54, 1.807) is 42.5 Å². The minimum absolute atomic E-state index is 0.00296. The monoisotopic (exact) mass is 441 g/mol. The summed E-state index contributed by atoms with van der Waals surface area (Å²) in [7, 11) is -3.83. The smallest absolute Gasteiger partial charge is 0.261 e. The number of nitrogens with one attached hydrogen (secondary N) is 2. The molecule has 0 radical (unpaired) electrons. The molecule has 3 aromatic carbocycles. The van der Waals surface area contributed by atoms with Crippen molar-refractivity contribution in [3.63, 3.8) is 0 Å². The molecule has 0 aliphatic heterocycles. The van der Waals surface area contributed by atoms with Crippen LogP contribution in [0.4, 0.5) is 11.4 Å². The van der Waals surface area contributed by atoms with Gasteiger partial charge >= 0.3 is 0 Å². The standard InChI is InChI=1S/C21H16ClN3O4S/c22-14-8-10-15(11-9-14)25-30(27,28)17-5-3-4-16(12-17)23-21(26)13-19-18-6-1-2-7-20(18)29-24-19/h1-12,25H,13H2,(H,23,26). The number of amides is 1. The first-order valence-electron chi connectivity index (χ1n) is 8.92. The molecule has 0 aliphatic rings. The van der Waals surface area contributed by atoms with E-state index < -0.39 is 10.0 Å². The minimum Gasteiger partial charge on any atom is -0.356 e. The van der Waals surface area contributed by atoms with Crippen molar-refractivity contribution in [1.82, 2.24) is 5.16 Å². The topological polar surface area (TPSA) is 101 Å². The van der Waals surface area contributed by atoms with Crippen molar-refractivity contribution < 1.29 is 17.7 Å². The highest BCUT2D eigenvalue weighted by Crippen LogP contribution is 2.22. The van der Waals surface area contributed by atoms with Gasteiger partial charge in [0.2, 0.25) is 5.91 Å². The molecule has 1 heterocycles. The lowest BCUT2D eigenvalue weighted by molar-refractivity contribution is -0.115. The zero-order chi connectivity index (χ0) is 21.1. The van der Waals surface area contributed by atoms with Gasteiger partial charge in [-0.15, -0.1) is 0 Å². The molecule has 0 unspecified atom stereocenters. The molecule has 1 amide bonds. The number of anilines is 2. The molecule has 0 saturated carbocycles. The summed E-state index contributed by atoms with van der Waals surface area (Å²) in [5, 5.41) is 7.90. The van der Waals surface area contributed by atoms with Gasteiger partial charge in [-0.1, -0.05) is 35.0 Å². The average molecular weight is 442 g/mol. The molecular weight excluding hydrogens is 426 g/mol. The minimum atomic E-state index is -3.83. The summed E-state index contributed by atoms with van der Waals surface area (Å²) in [6, 6.07) is 19.5. The Hall–Kier alpha value is -3.36. The molecule has 2 N–H and O–H groups in total. The normalized spacial score (nSPS) is 11.4. The number of halogens is 1. The third-order valence-electron chi connectivity index (χ3n) is 4.30. The maximum atomic E-state index is 12.6. The quantitative estimate of drug-likeness (QED) is 0.460. The van der Waals surface area contributed by atoms with Crippen molar-refractivity contribution in [3.8, 4) is 0 Å². The maximum Gasteiger partial charge on any atom is 0.261 e. The van der Waals surface area contributed by atoms with E-state index in [9.17, 15) is 13.2 Å². The lowest BCUT2D eigenvalue weighted by Gasteiger charge is -2.10. The Morgan fingerprint density at radius 3 is 2.53 bits per heavy atom. The number of rotatable bonds is 6. The molecule has 0 spiro atoms. The van der Waals surface area contributed by atoms with Gasteiger partial charge in [-0.3, -0.25) is 9.52 Å². The Morgan fingerprint density at radius 1 is 0.967 bits per heavy atom. The number of hydrogen-bond acceptors (Lipinski definition) is 5. The molecule has 4 aromatic rings. The molecule has 1 aromatic heterocycles. The summed E-state index contributed by atoms with van der Waals surface area (Å²) in [5.74, 6) is -0.339. The highest BCUT2D eigenvalue weighted by atomic mass is 35.5. The van der Waals surface area contributed by atoms with Gasteiger partial charge in [0, 0.05) is 21.8 Å². The lowest BCUT2D eigenvalue weighted by atomic mass is 10.1. The lowest BCUT2D eigenvalue weighted by Crippen LogP contribution is -2.16. The SMILES string of the molecule is O=C(Cc1noc2ccccc12)Nc1cccc(S(=O)(=O)Nc2ccc(Cl)cc2)c1. The van der Waals surface area contributed by atoms with Crippen molar-refractivity contribution >= 4 is 49.9 Å². The zero-order valence-electron chi connectivity index (χ0n) is 15.5. The first-order valence-corrected chi connectivity index (χ1v) is 10.8. The fourth-order valence-corrected chi connectivity index (χ4v) is 4.13. The summed E-state index contributed by atoms with van der Waals surface area (Å²) in [6.45, 7) is 0. The van der Waals surface area contributed by atoms with Crippen LogP contribution in [0, 0.1) is 0 Å². The third kappa shape index (κ3) is 4.45. The number of hydrogen-bond donors (Lipinski definition) is 2.